The van der Waals surface area contributed by atoms with Gasteiger partial charge in [-0.15, -0.1) is 6.58 Å². The number of rotatable bonds is 3. The molecule has 1 nitrogen and oxygen atoms in total. The second kappa shape index (κ2) is 4.35. The fourth-order valence-electron chi connectivity index (χ4n) is 1.47. The van der Waals surface area contributed by atoms with Gasteiger partial charge in [-0.2, -0.15) is 0 Å². The Kier molecular flexibility index (Phi) is 3.37. The highest BCUT2D eigenvalue weighted by Gasteiger charge is 2.10. The van der Waals surface area contributed by atoms with Crippen LogP contribution in [0.1, 0.15) is 32.1 Å². The average molecular weight is 152 g/mol. The summed E-state index contributed by atoms with van der Waals surface area (Å²) in [6, 6.07) is 0. The number of aliphatic hydroxyl groups is 1. The largest absolute Gasteiger partial charge is 0.388 e. The smallest absolute Gasteiger partial charge is 0.0784 e. The van der Waals surface area contributed by atoms with Crippen molar-refractivity contribution in [3.63, 3.8) is 0 Å². The van der Waals surface area contributed by atoms with Gasteiger partial charge < -0.3 is 5.11 Å². The summed E-state index contributed by atoms with van der Waals surface area (Å²) >= 11 is 0. The SMILES string of the molecule is C=CCC(O)C1=CCCCC1. The van der Waals surface area contributed by atoms with Crippen LogP contribution in [-0.2, 0) is 0 Å². The van der Waals surface area contributed by atoms with E-state index in [0.29, 0.717) is 6.42 Å². The van der Waals surface area contributed by atoms with E-state index in [1.54, 1.807) is 6.08 Å². The zero-order valence-corrected chi connectivity index (χ0v) is 6.92. The molecule has 0 amide bonds. The second-order valence-corrected chi connectivity index (χ2v) is 3.06. The Morgan fingerprint density at radius 2 is 2.45 bits per heavy atom. The van der Waals surface area contributed by atoms with E-state index in [9.17, 15) is 5.11 Å². The summed E-state index contributed by atoms with van der Waals surface area (Å²) in [7, 11) is 0. The normalized spacial score (nSPS) is 20.6. The van der Waals surface area contributed by atoms with Gasteiger partial charge in [0.2, 0.25) is 0 Å². The lowest BCUT2D eigenvalue weighted by molar-refractivity contribution is 0.207. The molecule has 1 aliphatic carbocycles. The van der Waals surface area contributed by atoms with Gasteiger partial charge in [0.15, 0.2) is 0 Å². The highest BCUT2D eigenvalue weighted by Crippen LogP contribution is 2.21. The van der Waals surface area contributed by atoms with Crippen LogP contribution in [0.2, 0.25) is 0 Å². The molecule has 1 N–H and O–H groups in total. The second-order valence-electron chi connectivity index (χ2n) is 3.06. The number of allylic oxidation sites excluding steroid dienone is 1. The molecular formula is C10H16O. The van der Waals surface area contributed by atoms with Gasteiger partial charge in [0.25, 0.3) is 0 Å². The molecule has 11 heavy (non-hydrogen) atoms. The highest BCUT2D eigenvalue weighted by atomic mass is 16.3. The number of hydrogen-bond donors (Lipinski definition) is 1. The van der Waals surface area contributed by atoms with Gasteiger partial charge in [0.05, 0.1) is 6.10 Å². The summed E-state index contributed by atoms with van der Waals surface area (Å²) in [5.74, 6) is 0. The predicted octanol–water partition coefficient (Wildman–Crippen LogP) is 2.42. The van der Waals surface area contributed by atoms with Crippen molar-refractivity contribution >= 4 is 0 Å². The maximum Gasteiger partial charge on any atom is 0.0784 e. The lowest BCUT2D eigenvalue weighted by Crippen LogP contribution is -2.10. The lowest BCUT2D eigenvalue weighted by atomic mass is 9.94. The summed E-state index contributed by atoms with van der Waals surface area (Å²) in [6.07, 6.45) is 9.14. The Morgan fingerprint density at radius 3 is 3.00 bits per heavy atom. The molecule has 0 saturated carbocycles. The molecule has 1 aliphatic rings. The van der Waals surface area contributed by atoms with Gasteiger partial charge in [-0.3, -0.25) is 0 Å². The molecule has 0 aromatic heterocycles. The summed E-state index contributed by atoms with van der Waals surface area (Å²) in [5.41, 5.74) is 1.22. The first-order valence-electron chi connectivity index (χ1n) is 4.32. The molecule has 0 spiro atoms. The molecule has 0 heterocycles. The summed E-state index contributed by atoms with van der Waals surface area (Å²) in [4.78, 5) is 0. The van der Waals surface area contributed by atoms with Crippen molar-refractivity contribution < 1.29 is 5.11 Å². The van der Waals surface area contributed by atoms with Crippen LogP contribution in [0.25, 0.3) is 0 Å². The van der Waals surface area contributed by atoms with Gasteiger partial charge in [0.1, 0.15) is 0 Å². The molecule has 1 unspecified atom stereocenters. The van der Waals surface area contributed by atoms with Crippen molar-refractivity contribution in [2.24, 2.45) is 0 Å². The topological polar surface area (TPSA) is 20.2 Å². The predicted molar refractivity (Wildman–Crippen MR) is 47.4 cm³/mol. The van der Waals surface area contributed by atoms with Crippen LogP contribution in [0, 0.1) is 0 Å². The minimum Gasteiger partial charge on any atom is -0.388 e. The molecule has 0 aliphatic heterocycles. The molecule has 62 valence electrons. The first-order chi connectivity index (χ1) is 5.34. The van der Waals surface area contributed by atoms with Crippen molar-refractivity contribution in [3.8, 4) is 0 Å². The van der Waals surface area contributed by atoms with Crippen molar-refractivity contribution in [1.29, 1.82) is 0 Å². The zero-order valence-electron chi connectivity index (χ0n) is 6.92. The summed E-state index contributed by atoms with van der Waals surface area (Å²) in [5, 5.41) is 9.53. The van der Waals surface area contributed by atoms with Crippen molar-refractivity contribution in [1.82, 2.24) is 0 Å². The Hall–Kier alpha value is -0.560. The number of hydrogen-bond acceptors (Lipinski definition) is 1. The standard InChI is InChI=1S/C10H16O/c1-2-6-10(11)9-7-4-3-5-8-9/h2,7,10-11H,1,3-6,8H2. The Labute approximate surface area is 68.4 Å². The van der Waals surface area contributed by atoms with Gasteiger partial charge in [0, 0.05) is 0 Å². The Balaban J connectivity index is 2.43. The Morgan fingerprint density at radius 1 is 1.64 bits per heavy atom. The maximum atomic E-state index is 9.53. The van der Waals surface area contributed by atoms with Gasteiger partial charge in [-0.05, 0) is 37.7 Å². The maximum absolute atomic E-state index is 9.53. The van der Waals surface area contributed by atoms with Gasteiger partial charge in [-0.1, -0.05) is 12.2 Å². The van der Waals surface area contributed by atoms with E-state index in [4.69, 9.17) is 0 Å². The molecular weight excluding hydrogens is 136 g/mol. The minimum absolute atomic E-state index is 0.257. The molecule has 0 radical (unpaired) electrons. The fraction of sp³-hybridized carbons (Fsp3) is 0.600. The van der Waals surface area contributed by atoms with E-state index in [-0.39, 0.29) is 6.10 Å². The van der Waals surface area contributed by atoms with Crippen LogP contribution < -0.4 is 0 Å². The van der Waals surface area contributed by atoms with E-state index in [1.807, 2.05) is 0 Å². The first-order valence-corrected chi connectivity index (χ1v) is 4.32. The summed E-state index contributed by atoms with van der Waals surface area (Å²) < 4.78 is 0. The van der Waals surface area contributed by atoms with E-state index < -0.39 is 0 Å². The van der Waals surface area contributed by atoms with Crippen molar-refractivity contribution in [2.75, 3.05) is 0 Å². The van der Waals surface area contributed by atoms with Crippen LogP contribution in [-0.4, -0.2) is 11.2 Å². The van der Waals surface area contributed by atoms with E-state index >= 15 is 0 Å². The molecule has 0 saturated heterocycles. The molecule has 0 aromatic rings. The molecule has 1 heteroatoms. The van der Waals surface area contributed by atoms with Crippen LogP contribution in [0.15, 0.2) is 24.3 Å². The summed E-state index contributed by atoms with van der Waals surface area (Å²) in [6.45, 7) is 3.61. The van der Waals surface area contributed by atoms with Gasteiger partial charge in [-0.25, -0.2) is 0 Å². The van der Waals surface area contributed by atoms with Crippen molar-refractivity contribution in [3.05, 3.63) is 24.3 Å². The monoisotopic (exact) mass is 152 g/mol. The molecule has 1 rings (SSSR count). The molecule has 1 atom stereocenters. The first kappa shape index (κ1) is 8.54. The third kappa shape index (κ3) is 2.51. The highest BCUT2D eigenvalue weighted by molar-refractivity contribution is 5.11. The van der Waals surface area contributed by atoms with Gasteiger partial charge >= 0.3 is 0 Å². The Bertz CT molecular complexity index is 158. The molecule has 0 aromatic carbocycles. The van der Waals surface area contributed by atoms with Crippen molar-refractivity contribution in [2.45, 2.75) is 38.2 Å². The minimum atomic E-state index is -0.257. The average Bonchev–Trinajstić information content (AvgIpc) is 2.07. The number of aliphatic hydroxyl groups excluding tert-OH is 1. The molecule has 0 fully saturated rings. The third-order valence-electron chi connectivity index (χ3n) is 2.14. The van der Waals surface area contributed by atoms with Crippen LogP contribution in [0.5, 0.6) is 0 Å². The van der Waals surface area contributed by atoms with E-state index in [2.05, 4.69) is 12.7 Å². The van der Waals surface area contributed by atoms with Crippen LogP contribution in [0.3, 0.4) is 0 Å². The van der Waals surface area contributed by atoms with E-state index in [0.717, 1.165) is 12.8 Å². The zero-order chi connectivity index (χ0) is 8.10. The van der Waals surface area contributed by atoms with E-state index in [1.165, 1.54) is 18.4 Å². The van der Waals surface area contributed by atoms with Crippen LogP contribution >= 0.6 is 0 Å². The lowest BCUT2D eigenvalue weighted by Gasteiger charge is -2.16. The van der Waals surface area contributed by atoms with Crippen LogP contribution in [0.4, 0.5) is 0 Å². The quantitative estimate of drug-likeness (QED) is 0.616. The fourth-order valence-corrected chi connectivity index (χ4v) is 1.47. The third-order valence-corrected chi connectivity index (χ3v) is 2.14. The molecule has 0 bridgehead atoms.